The Morgan fingerprint density at radius 1 is 1.00 bits per heavy atom. The van der Waals surface area contributed by atoms with E-state index in [9.17, 15) is 0 Å². The molecule has 2 N–H and O–H groups in total. The maximum Gasteiger partial charge on any atom is 0.203 e. The van der Waals surface area contributed by atoms with E-state index >= 15 is 0 Å². The van der Waals surface area contributed by atoms with Crippen molar-refractivity contribution in [2.45, 2.75) is 12.8 Å². The summed E-state index contributed by atoms with van der Waals surface area (Å²) in [6.45, 7) is 3.17. The summed E-state index contributed by atoms with van der Waals surface area (Å²) in [5, 5.41) is 0.991. The van der Waals surface area contributed by atoms with Crippen molar-refractivity contribution in [3.05, 3.63) is 53.7 Å². The highest BCUT2D eigenvalue weighted by atomic mass is 16.5. The molecule has 32 heavy (non-hydrogen) atoms. The number of hydrogen-bond donors (Lipinski definition) is 1. The SMILES string of the molecule is COc1cc(COc2c(C(N)N3CCOCC3)ccc3cccnc23)cc(OC)c1OC. The molecule has 0 bridgehead atoms. The highest BCUT2D eigenvalue weighted by Crippen LogP contribution is 2.39. The lowest BCUT2D eigenvalue weighted by molar-refractivity contribution is 0.0168. The second kappa shape index (κ2) is 10.0. The zero-order chi connectivity index (χ0) is 22.5. The third-order valence-corrected chi connectivity index (χ3v) is 5.62. The molecule has 1 fully saturated rings. The van der Waals surface area contributed by atoms with Crippen LogP contribution in [0.5, 0.6) is 23.0 Å². The van der Waals surface area contributed by atoms with Gasteiger partial charge in [0.2, 0.25) is 5.75 Å². The summed E-state index contributed by atoms with van der Waals surface area (Å²) in [6.07, 6.45) is 1.44. The quantitative estimate of drug-likeness (QED) is 0.573. The summed E-state index contributed by atoms with van der Waals surface area (Å²) >= 11 is 0. The molecule has 2 heterocycles. The molecule has 0 aliphatic carbocycles. The van der Waals surface area contributed by atoms with Gasteiger partial charge in [0.1, 0.15) is 12.1 Å². The molecule has 2 aromatic carbocycles. The van der Waals surface area contributed by atoms with Crippen molar-refractivity contribution in [2.75, 3.05) is 47.6 Å². The molecule has 0 saturated carbocycles. The molecule has 3 aromatic rings. The molecule has 4 rings (SSSR count). The fourth-order valence-electron chi connectivity index (χ4n) is 3.95. The van der Waals surface area contributed by atoms with Gasteiger partial charge in [0, 0.05) is 30.2 Å². The number of pyridine rings is 1. The lowest BCUT2D eigenvalue weighted by Crippen LogP contribution is -2.42. The first-order chi connectivity index (χ1) is 15.7. The number of benzene rings is 2. The van der Waals surface area contributed by atoms with Gasteiger partial charge >= 0.3 is 0 Å². The Bertz CT molecular complexity index is 1040. The normalized spacial score (nSPS) is 15.4. The van der Waals surface area contributed by atoms with Gasteiger partial charge in [-0.25, -0.2) is 0 Å². The van der Waals surface area contributed by atoms with E-state index in [1.807, 2.05) is 36.4 Å². The standard InChI is InChI=1S/C24H29N3O5/c1-28-19-13-16(14-20(29-2)23(19)30-3)15-32-22-18(24(25)27-9-11-31-12-10-27)7-6-17-5-4-8-26-21(17)22/h4-8,13-14,24H,9-12,15,25H2,1-3H3. The van der Waals surface area contributed by atoms with Gasteiger partial charge in [-0.1, -0.05) is 18.2 Å². The van der Waals surface area contributed by atoms with Crippen molar-refractivity contribution in [1.82, 2.24) is 9.88 Å². The minimum Gasteiger partial charge on any atom is -0.493 e. The van der Waals surface area contributed by atoms with Crippen molar-refractivity contribution in [2.24, 2.45) is 5.73 Å². The first-order valence-electron chi connectivity index (χ1n) is 10.5. The number of morpholine rings is 1. The monoisotopic (exact) mass is 439 g/mol. The van der Waals surface area contributed by atoms with Crippen molar-refractivity contribution in [3.63, 3.8) is 0 Å². The van der Waals surface area contributed by atoms with Gasteiger partial charge in [-0.3, -0.25) is 9.88 Å². The zero-order valence-electron chi connectivity index (χ0n) is 18.7. The van der Waals surface area contributed by atoms with Crippen LogP contribution < -0.4 is 24.7 Å². The van der Waals surface area contributed by atoms with Crippen LogP contribution in [0.15, 0.2) is 42.6 Å². The summed E-state index contributed by atoms with van der Waals surface area (Å²) in [5.41, 5.74) is 9.21. The Balaban J connectivity index is 1.69. The topological polar surface area (TPSA) is 88.3 Å². The third-order valence-electron chi connectivity index (χ3n) is 5.62. The number of hydrogen-bond acceptors (Lipinski definition) is 8. The number of rotatable bonds is 8. The number of nitrogens with zero attached hydrogens (tertiary/aromatic N) is 2. The third kappa shape index (κ3) is 4.43. The maximum absolute atomic E-state index is 6.67. The van der Waals surface area contributed by atoms with Crippen LogP contribution in [0.2, 0.25) is 0 Å². The summed E-state index contributed by atoms with van der Waals surface area (Å²) in [5.74, 6) is 2.37. The van der Waals surface area contributed by atoms with Crippen LogP contribution in [0, 0.1) is 0 Å². The van der Waals surface area contributed by atoms with Gasteiger partial charge in [-0.15, -0.1) is 0 Å². The Hall–Kier alpha value is -3.07. The van der Waals surface area contributed by atoms with Crippen LogP contribution in [0.4, 0.5) is 0 Å². The van der Waals surface area contributed by atoms with E-state index in [0.717, 1.165) is 35.1 Å². The van der Waals surface area contributed by atoms with Gasteiger partial charge in [0.05, 0.1) is 40.7 Å². The second-order valence-electron chi connectivity index (χ2n) is 7.47. The molecule has 8 nitrogen and oxygen atoms in total. The van der Waals surface area contributed by atoms with Gasteiger partial charge in [0.15, 0.2) is 17.2 Å². The molecule has 8 heteroatoms. The van der Waals surface area contributed by atoms with Gasteiger partial charge in [-0.2, -0.15) is 0 Å². The Morgan fingerprint density at radius 2 is 1.72 bits per heavy atom. The number of fused-ring (bicyclic) bond motifs is 1. The van der Waals surface area contributed by atoms with Crippen LogP contribution >= 0.6 is 0 Å². The van der Waals surface area contributed by atoms with E-state index in [0.29, 0.717) is 36.2 Å². The largest absolute Gasteiger partial charge is 0.493 e. The minimum absolute atomic E-state index is 0.287. The molecule has 0 radical (unpaired) electrons. The fraction of sp³-hybridized carbons (Fsp3) is 0.375. The van der Waals surface area contributed by atoms with Crippen molar-refractivity contribution in [3.8, 4) is 23.0 Å². The van der Waals surface area contributed by atoms with Crippen molar-refractivity contribution >= 4 is 10.9 Å². The lowest BCUT2D eigenvalue weighted by atomic mass is 10.1. The summed E-state index contributed by atoms with van der Waals surface area (Å²) in [4.78, 5) is 6.78. The van der Waals surface area contributed by atoms with E-state index in [1.165, 1.54) is 0 Å². The van der Waals surface area contributed by atoms with Crippen LogP contribution in [-0.2, 0) is 11.3 Å². The first kappa shape index (κ1) is 22.1. The highest BCUT2D eigenvalue weighted by Gasteiger charge is 2.24. The van der Waals surface area contributed by atoms with Gasteiger partial charge in [-0.05, 0) is 23.8 Å². The van der Waals surface area contributed by atoms with E-state index in [1.54, 1.807) is 27.5 Å². The molecule has 1 saturated heterocycles. The molecule has 1 atom stereocenters. The molecular weight excluding hydrogens is 410 g/mol. The van der Waals surface area contributed by atoms with Crippen LogP contribution in [0.1, 0.15) is 17.3 Å². The molecular formula is C24H29N3O5. The predicted octanol–water partition coefficient (Wildman–Crippen LogP) is 3.13. The molecule has 0 spiro atoms. The van der Waals surface area contributed by atoms with Gasteiger partial charge in [0.25, 0.3) is 0 Å². The van der Waals surface area contributed by atoms with E-state index in [2.05, 4.69) is 9.88 Å². The van der Waals surface area contributed by atoms with E-state index < -0.39 is 0 Å². The Kier molecular flexibility index (Phi) is 6.94. The molecule has 1 unspecified atom stereocenters. The molecule has 1 aliphatic rings. The predicted molar refractivity (Wildman–Crippen MR) is 121 cm³/mol. The van der Waals surface area contributed by atoms with E-state index in [-0.39, 0.29) is 12.8 Å². The minimum atomic E-state index is -0.319. The molecule has 170 valence electrons. The average molecular weight is 440 g/mol. The molecule has 1 aromatic heterocycles. The number of aromatic nitrogens is 1. The average Bonchev–Trinajstić information content (AvgIpc) is 2.86. The van der Waals surface area contributed by atoms with Gasteiger partial charge < -0.3 is 29.4 Å². The smallest absolute Gasteiger partial charge is 0.203 e. The van der Waals surface area contributed by atoms with Crippen LogP contribution in [0.25, 0.3) is 10.9 Å². The molecule has 0 amide bonds. The maximum atomic E-state index is 6.67. The van der Waals surface area contributed by atoms with E-state index in [4.69, 9.17) is 29.4 Å². The second-order valence-corrected chi connectivity index (χ2v) is 7.47. The van der Waals surface area contributed by atoms with Crippen molar-refractivity contribution < 1.29 is 23.7 Å². The zero-order valence-corrected chi connectivity index (χ0v) is 18.7. The Morgan fingerprint density at radius 3 is 2.38 bits per heavy atom. The number of ether oxygens (including phenoxy) is 5. The number of nitrogens with two attached hydrogens (primary N) is 1. The first-order valence-corrected chi connectivity index (χ1v) is 10.5. The summed E-state index contributed by atoms with van der Waals surface area (Å²) < 4.78 is 28.2. The number of methoxy groups -OCH3 is 3. The Labute approximate surface area is 187 Å². The fourth-order valence-corrected chi connectivity index (χ4v) is 3.95. The van der Waals surface area contributed by atoms with Crippen molar-refractivity contribution in [1.29, 1.82) is 0 Å². The van der Waals surface area contributed by atoms with Crippen LogP contribution in [0.3, 0.4) is 0 Å². The molecule has 1 aliphatic heterocycles. The highest BCUT2D eigenvalue weighted by molar-refractivity contribution is 5.86. The summed E-state index contributed by atoms with van der Waals surface area (Å²) in [7, 11) is 4.77. The summed E-state index contributed by atoms with van der Waals surface area (Å²) in [6, 6.07) is 11.7. The van der Waals surface area contributed by atoms with Crippen LogP contribution in [-0.4, -0.2) is 57.5 Å². The lowest BCUT2D eigenvalue weighted by Gasteiger charge is -2.33.